The van der Waals surface area contributed by atoms with Gasteiger partial charge in [0.25, 0.3) is 5.91 Å². The quantitative estimate of drug-likeness (QED) is 0.312. The van der Waals surface area contributed by atoms with Crippen molar-refractivity contribution < 1.29 is 18.3 Å². The van der Waals surface area contributed by atoms with E-state index in [0.717, 1.165) is 12.1 Å². The lowest BCUT2D eigenvalue weighted by Crippen LogP contribution is -2.29. The number of thioether (sulfide) groups is 1. The van der Waals surface area contributed by atoms with Crippen molar-refractivity contribution in [2.75, 3.05) is 33.8 Å². The zero-order valence-corrected chi connectivity index (χ0v) is 21.3. The van der Waals surface area contributed by atoms with E-state index in [1.165, 1.54) is 17.8 Å². The number of carbonyl (C=O) groups is 1. The number of ether oxygens (including phenoxy) is 1. The summed E-state index contributed by atoms with van der Waals surface area (Å²) in [6.07, 6.45) is 2.92. The van der Waals surface area contributed by atoms with E-state index in [4.69, 9.17) is 17.0 Å². The first-order valence-electron chi connectivity index (χ1n) is 11.2. The summed E-state index contributed by atoms with van der Waals surface area (Å²) in [6, 6.07) is 9.07. The minimum Gasteiger partial charge on any atom is -0.492 e. The van der Waals surface area contributed by atoms with E-state index < -0.39 is 11.6 Å². The first-order valence-corrected chi connectivity index (χ1v) is 12.4. The maximum Gasteiger partial charge on any atom is 0.266 e. The second-order valence-corrected chi connectivity index (χ2v) is 9.97. The molecule has 1 aliphatic rings. The molecule has 2 heterocycles. The van der Waals surface area contributed by atoms with E-state index in [0.29, 0.717) is 70.0 Å². The van der Waals surface area contributed by atoms with E-state index in [2.05, 4.69) is 20.6 Å². The Kier molecular flexibility index (Phi) is 8.39. The van der Waals surface area contributed by atoms with Crippen molar-refractivity contribution in [2.45, 2.75) is 12.8 Å². The molecule has 0 radical (unpaired) electrons. The van der Waals surface area contributed by atoms with Gasteiger partial charge in [-0.05, 0) is 62.0 Å². The van der Waals surface area contributed by atoms with Gasteiger partial charge in [-0.3, -0.25) is 9.69 Å². The van der Waals surface area contributed by atoms with Crippen molar-refractivity contribution in [3.05, 3.63) is 64.3 Å². The molecule has 0 spiro atoms. The number of nitrogens with one attached hydrogen (secondary N) is 1. The van der Waals surface area contributed by atoms with Gasteiger partial charge in [0.05, 0.1) is 4.91 Å². The van der Waals surface area contributed by atoms with Crippen LogP contribution in [0.15, 0.2) is 41.3 Å². The Labute approximate surface area is 216 Å². The number of aryl methyl sites for hydroxylation is 1. The van der Waals surface area contributed by atoms with Gasteiger partial charge in [0.2, 0.25) is 0 Å². The van der Waals surface area contributed by atoms with Gasteiger partial charge in [0.1, 0.15) is 16.7 Å². The lowest BCUT2D eigenvalue weighted by atomic mass is 10.0. The summed E-state index contributed by atoms with van der Waals surface area (Å²) >= 11 is 6.66. The van der Waals surface area contributed by atoms with Crippen molar-refractivity contribution in [3.63, 3.8) is 0 Å². The standard InChI is InChI=1S/C24H24F2N6O2S2/c1-31(2)10-11-34-20-8-6-15(16-5-7-18(25)19(26)13-16)12-17(20)14-21-23(33)32(24(35)36-21)9-3-4-22-27-29-30-28-22/h5-8,12-14H,3-4,9-11H2,1-2H3,(H,27,28,29,30). The van der Waals surface area contributed by atoms with E-state index in [1.54, 1.807) is 29.2 Å². The molecule has 1 aliphatic heterocycles. The van der Waals surface area contributed by atoms with E-state index in [-0.39, 0.29) is 5.91 Å². The van der Waals surface area contributed by atoms with Gasteiger partial charge in [-0.1, -0.05) is 41.3 Å². The summed E-state index contributed by atoms with van der Waals surface area (Å²) < 4.78 is 33.7. The van der Waals surface area contributed by atoms with Crippen molar-refractivity contribution in [3.8, 4) is 16.9 Å². The van der Waals surface area contributed by atoms with Crippen LogP contribution in [0.1, 0.15) is 17.8 Å². The fourth-order valence-corrected chi connectivity index (χ4v) is 4.80. The number of tetrazole rings is 1. The summed E-state index contributed by atoms with van der Waals surface area (Å²) in [7, 11) is 3.89. The summed E-state index contributed by atoms with van der Waals surface area (Å²) in [5.74, 6) is -0.890. The number of aromatic nitrogens is 4. The number of hydrogen-bond acceptors (Lipinski definition) is 8. The number of likely N-dealkylation sites (N-methyl/N-ethyl adjacent to an activating group) is 1. The molecular weight excluding hydrogens is 506 g/mol. The Morgan fingerprint density at radius 2 is 1.94 bits per heavy atom. The van der Waals surface area contributed by atoms with Gasteiger partial charge >= 0.3 is 0 Å². The molecule has 3 aromatic rings. The van der Waals surface area contributed by atoms with Crippen LogP contribution < -0.4 is 4.74 Å². The average molecular weight is 531 g/mol. The van der Waals surface area contributed by atoms with Crippen LogP contribution in [0, 0.1) is 11.6 Å². The number of rotatable bonds is 10. The highest BCUT2D eigenvalue weighted by Gasteiger charge is 2.32. The molecule has 0 atom stereocenters. The molecule has 4 rings (SSSR count). The predicted octanol–water partition coefficient (Wildman–Crippen LogP) is 3.92. The molecule has 0 bridgehead atoms. The normalized spacial score (nSPS) is 14.9. The van der Waals surface area contributed by atoms with Gasteiger partial charge in [0, 0.05) is 25.1 Å². The smallest absolute Gasteiger partial charge is 0.266 e. The van der Waals surface area contributed by atoms with Crippen molar-refractivity contribution in [1.82, 2.24) is 30.4 Å². The fourth-order valence-electron chi connectivity index (χ4n) is 3.50. The molecule has 188 valence electrons. The molecule has 0 unspecified atom stereocenters. The van der Waals surface area contributed by atoms with Gasteiger partial charge in [0.15, 0.2) is 17.5 Å². The summed E-state index contributed by atoms with van der Waals surface area (Å²) in [6.45, 7) is 1.57. The number of hydrogen-bond donors (Lipinski definition) is 1. The molecule has 0 aliphatic carbocycles. The number of carbonyl (C=O) groups excluding carboxylic acids is 1. The summed E-state index contributed by atoms with van der Waals surface area (Å²) in [5, 5.41) is 13.8. The van der Waals surface area contributed by atoms with Gasteiger partial charge < -0.3 is 9.64 Å². The maximum atomic E-state index is 13.8. The first kappa shape index (κ1) is 25.9. The number of halogens is 2. The van der Waals surface area contributed by atoms with E-state index >= 15 is 0 Å². The van der Waals surface area contributed by atoms with Gasteiger partial charge in [-0.25, -0.2) is 8.78 Å². The minimum atomic E-state index is -0.929. The van der Waals surface area contributed by atoms with Crippen LogP contribution in [-0.2, 0) is 11.2 Å². The maximum absolute atomic E-state index is 13.8. The molecule has 8 nitrogen and oxygen atoms in total. The lowest BCUT2D eigenvalue weighted by molar-refractivity contribution is -0.122. The first-order chi connectivity index (χ1) is 17.3. The van der Waals surface area contributed by atoms with Gasteiger partial charge in [-0.15, -0.1) is 10.2 Å². The van der Waals surface area contributed by atoms with Crippen molar-refractivity contribution >= 4 is 40.3 Å². The number of benzene rings is 2. The Balaban J connectivity index is 1.58. The average Bonchev–Trinajstić information content (AvgIpc) is 3.45. The molecule has 1 fully saturated rings. The molecule has 1 amide bonds. The molecule has 36 heavy (non-hydrogen) atoms. The third-order valence-corrected chi connectivity index (χ3v) is 6.77. The summed E-state index contributed by atoms with van der Waals surface area (Å²) in [5.41, 5.74) is 1.82. The molecular formula is C24H24F2N6O2S2. The van der Waals surface area contributed by atoms with E-state index in [1.807, 2.05) is 19.0 Å². The van der Waals surface area contributed by atoms with Crippen molar-refractivity contribution in [2.24, 2.45) is 0 Å². The zero-order valence-electron chi connectivity index (χ0n) is 19.7. The van der Waals surface area contributed by atoms with Crippen LogP contribution in [-0.4, -0.2) is 74.4 Å². The highest BCUT2D eigenvalue weighted by atomic mass is 32.2. The molecule has 12 heteroatoms. The van der Waals surface area contributed by atoms with Crippen LogP contribution >= 0.6 is 24.0 Å². The number of nitrogens with zero attached hydrogens (tertiary/aromatic N) is 5. The Morgan fingerprint density at radius 3 is 2.67 bits per heavy atom. The number of amides is 1. The monoisotopic (exact) mass is 530 g/mol. The number of thiocarbonyl (C=S) groups is 1. The molecule has 2 aromatic carbocycles. The molecule has 1 saturated heterocycles. The SMILES string of the molecule is CN(C)CCOc1ccc(-c2ccc(F)c(F)c2)cc1C=C1SC(=S)N(CCCc2nn[nH]n2)C1=O. The minimum absolute atomic E-state index is 0.199. The van der Waals surface area contributed by atoms with Crippen LogP contribution in [0.5, 0.6) is 5.75 Å². The van der Waals surface area contributed by atoms with Gasteiger partial charge in [-0.2, -0.15) is 5.21 Å². The summed E-state index contributed by atoms with van der Waals surface area (Å²) in [4.78, 5) is 17.1. The molecule has 1 aromatic heterocycles. The molecule has 1 N–H and O–H groups in total. The fraction of sp³-hybridized carbons (Fsp3) is 0.292. The van der Waals surface area contributed by atoms with Crippen LogP contribution in [0.3, 0.4) is 0 Å². The Bertz CT molecular complexity index is 1280. The number of H-pyrrole nitrogens is 1. The topological polar surface area (TPSA) is 87.2 Å². The van der Waals surface area contributed by atoms with Crippen LogP contribution in [0.2, 0.25) is 0 Å². The molecule has 0 saturated carbocycles. The number of aromatic amines is 1. The lowest BCUT2D eigenvalue weighted by Gasteiger charge is -2.15. The zero-order chi connectivity index (χ0) is 25.7. The second-order valence-electron chi connectivity index (χ2n) is 8.30. The van der Waals surface area contributed by atoms with Crippen LogP contribution in [0.25, 0.3) is 17.2 Å². The van der Waals surface area contributed by atoms with Crippen molar-refractivity contribution in [1.29, 1.82) is 0 Å². The largest absolute Gasteiger partial charge is 0.492 e. The Hall–Kier alpha value is -3.22. The predicted molar refractivity (Wildman–Crippen MR) is 138 cm³/mol. The second kappa shape index (κ2) is 11.7. The Morgan fingerprint density at radius 1 is 1.17 bits per heavy atom. The third kappa shape index (κ3) is 6.31. The third-order valence-electron chi connectivity index (χ3n) is 5.39. The van der Waals surface area contributed by atoms with E-state index in [9.17, 15) is 13.6 Å². The van der Waals surface area contributed by atoms with Crippen LogP contribution in [0.4, 0.5) is 8.78 Å². The highest BCUT2D eigenvalue weighted by Crippen LogP contribution is 2.36. The highest BCUT2D eigenvalue weighted by molar-refractivity contribution is 8.26.